The van der Waals surface area contributed by atoms with Crippen molar-refractivity contribution in [1.82, 2.24) is 5.32 Å². The van der Waals surface area contributed by atoms with Crippen LogP contribution in [-0.4, -0.2) is 18.9 Å². The molecular formula is C13H10BrF2NO. The summed E-state index contributed by atoms with van der Waals surface area (Å²) < 4.78 is 24.9. The molecule has 0 saturated carbocycles. The van der Waals surface area contributed by atoms with Crippen LogP contribution in [0.15, 0.2) is 40.9 Å². The van der Waals surface area contributed by atoms with E-state index in [0.717, 1.165) is 15.2 Å². The molecule has 0 fully saturated rings. The van der Waals surface area contributed by atoms with Crippen LogP contribution in [0.5, 0.6) is 0 Å². The van der Waals surface area contributed by atoms with Crippen LogP contribution in [0.2, 0.25) is 0 Å². The first-order valence-corrected chi connectivity index (χ1v) is 6.11. The Balaban J connectivity index is 2.24. The molecule has 2 nitrogen and oxygen atoms in total. The molecule has 2 aromatic carbocycles. The highest BCUT2D eigenvalue weighted by Gasteiger charge is 2.09. The van der Waals surface area contributed by atoms with Crippen LogP contribution in [-0.2, 0) is 0 Å². The van der Waals surface area contributed by atoms with E-state index in [9.17, 15) is 13.6 Å². The molecule has 0 bridgehead atoms. The first-order valence-electron chi connectivity index (χ1n) is 5.32. The lowest BCUT2D eigenvalue weighted by Gasteiger charge is -2.06. The molecule has 0 aliphatic carbocycles. The Kier molecular flexibility index (Phi) is 3.91. The van der Waals surface area contributed by atoms with Crippen molar-refractivity contribution >= 4 is 32.6 Å². The standard InChI is InChI=1S/C13H10BrF2NO/c14-11-4-3-8-5-10(2-1-9(8)6-11)13(18)17-7-12(15)16/h1-6,12H,7H2,(H,17,18). The van der Waals surface area contributed by atoms with Crippen molar-refractivity contribution in [3.8, 4) is 0 Å². The zero-order valence-corrected chi connectivity index (χ0v) is 10.9. The summed E-state index contributed by atoms with van der Waals surface area (Å²) in [5, 5.41) is 4.05. The lowest BCUT2D eigenvalue weighted by Crippen LogP contribution is -2.28. The number of hydrogen-bond acceptors (Lipinski definition) is 1. The van der Waals surface area contributed by atoms with Crippen molar-refractivity contribution in [1.29, 1.82) is 0 Å². The van der Waals surface area contributed by atoms with Gasteiger partial charge in [0.25, 0.3) is 12.3 Å². The third-order valence-corrected chi connectivity index (χ3v) is 2.97. The summed E-state index contributed by atoms with van der Waals surface area (Å²) >= 11 is 3.36. The minimum atomic E-state index is -2.54. The van der Waals surface area contributed by atoms with Crippen LogP contribution in [0.3, 0.4) is 0 Å². The average Bonchev–Trinajstić information content (AvgIpc) is 2.35. The molecule has 2 rings (SSSR count). The van der Waals surface area contributed by atoms with Gasteiger partial charge in [0.1, 0.15) is 0 Å². The Morgan fingerprint density at radius 3 is 2.56 bits per heavy atom. The molecule has 0 spiro atoms. The molecule has 0 aliphatic rings. The molecule has 5 heteroatoms. The molecule has 0 heterocycles. The van der Waals surface area contributed by atoms with E-state index in [1.807, 2.05) is 18.2 Å². The highest BCUT2D eigenvalue weighted by Crippen LogP contribution is 2.20. The number of amides is 1. The fraction of sp³-hybridized carbons (Fsp3) is 0.154. The molecule has 94 valence electrons. The van der Waals surface area contributed by atoms with Crippen LogP contribution < -0.4 is 5.32 Å². The van der Waals surface area contributed by atoms with Crippen molar-refractivity contribution in [3.63, 3.8) is 0 Å². The minimum Gasteiger partial charge on any atom is -0.346 e. The Hall–Kier alpha value is -1.49. The zero-order chi connectivity index (χ0) is 13.1. The number of carbonyl (C=O) groups excluding carboxylic acids is 1. The van der Waals surface area contributed by atoms with Crippen LogP contribution in [0.1, 0.15) is 10.4 Å². The topological polar surface area (TPSA) is 29.1 Å². The number of alkyl halides is 2. The molecule has 18 heavy (non-hydrogen) atoms. The SMILES string of the molecule is O=C(NCC(F)F)c1ccc2cc(Br)ccc2c1. The summed E-state index contributed by atoms with van der Waals surface area (Å²) in [6.07, 6.45) is -2.54. The molecule has 0 atom stereocenters. The second-order valence-electron chi connectivity index (χ2n) is 3.81. The summed E-state index contributed by atoms with van der Waals surface area (Å²) in [4.78, 5) is 11.6. The maximum absolute atomic E-state index is 12.0. The quantitative estimate of drug-likeness (QED) is 0.921. The van der Waals surface area contributed by atoms with E-state index in [-0.39, 0.29) is 0 Å². The first kappa shape index (κ1) is 13.0. The molecule has 2 aromatic rings. The number of nitrogens with one attached hydrogen (secondary N) is 1. The lowest BCUT2D eigenvalue weighted by molar-refractivity contribution is 0.0892. The molecule has 0 aliphatic heterocycles. The van der Waals surface area contributed by atoms with E-state index >= 15 is 0 Å². The highest BCUT2D eigenvalue weighted by molar-refractivity contribution is 9.10. The van der Waals surface area contributed by atoms with Gasteiger partial charge in [-0.05, 0) is 35.0 Å². The largest absolute Gasteiger partial charge is 0.346 e. The maximum atomic E-state index is 12.0. The van der Waals surface area contributed by atoms with E-state index in [4.69, 9.17) is 0 Å². The van der Waals surface area contributed by atoms with Crippen LogP contribution in [0.25, 0.3) is 10.8 Å². The molecule has 0 saturated heterocycles. The number of carbonyl (C=O) groups is 1. The van der Waals surface area contributed by atoms with E-state index in [2.05, 4.69) is 21.2 Å². The molecule has 1 N–H and O–H groups in total. The summed E-state index contributed by atoms with van der Waals surface area (Å²) in [6.45, 7) is -0.628. The van der Waals surface area contributed by atoms with Gasteiger partial charge in [-0.15, -0.1) is 0 Å². The van der Waals surface area contributed by atoms with Gasteiger partial charge in [-0.1, -0.05) is 28.1 Å². The van der Waals surface area contributed by atoms with Gasteiger partial charge in [0.2, 0.25) is 0 Å². The summed E-state index contributed by atoms with van der Waals surface area (Å²) in [5.74, 6) is -0.486. The number of rotatable bonds is 3. The average molecular weight is 314 g/mol. The Morgan fingerprint density at radius 2 is 1.83 bits per heavy atom. The van der Waals surface area contributed by atoms with Gasteiger partial charge in [-0.25, -0.2) is 8.78 Å². The molecule has 0 aromatic heterocycles. The van der Waals surface area contributed by atoms with Gasteiger partial charge in [0.05, 0.1) is 6.54 Å². The fourth-order valence-electron chi connectivity index (χ4n) is 1.63. The predicted molar refractivity (Wildman–Crippen MR) is 70.0 cm³/mol. The second kappa shape index (κ2) is 5.44. The Labute approximate surface area is 111 Å². The third kappa shape index (κ3) is 3.04. The highest BCUT2D eigenvalue weighted by atomic mass is 79.9. The van der Waals surface area contributed by atoms with Crippen molar-refractivity contribution < 1.29 is 13.6 Å². The maximum Gasteiger partial charge on any atom is 0.255 e. The summed E-state index contributed by atoms with van der Waals surface area (Å²) in [6, 6.07) is 10.7. The van der Waals surface area contributed by atoms with E-state index in [1.54, 1.807) is 18.2 Å². The fourth-order valence-corrected chi connectivity index (χ4v) is 2.01. The van der Waals surface area contributed by atoms with Crippen molar-refractivity contribution in [2.24, 2.45) is 0 Å². The Bertz CT molecular complexity index is 586. The minimum absolute atomic E-state index is 0.380. The number of hydrogen-bond donors (Lipinski definition) is 1. The van der Waals surface area contributed by atoms with Gasteiger partial charge in [-0.2, -0.15) is 0 Å². The van der Waals surface area contributed by atoms with Crippen molar-refractivity contribution in [2.45, 2.75) is 6.43 Å². The number of fused-ring (bicyclic) bond motifs is 1. The second-order valence-corrected chi connectivity index (χ2v) is 4.72. The van der Waals surface area contributed by atoms with Crippen LogP contribution in [0, 0.1) is 0 Å². The van der Waals surface area contributed by atoms with Crippen molar-refractivity contribution in [3.05, 3.63) is 46.4 Å². The summed E-state index contributed by atoms with van der Waals surface area (Å²) in [5.41, 5.74) is 0.380. The van der Waals surface area contributed by atoms with Crippen molar-refractivity contribution in [2.75, 3.05) is 6.54 Å². The van der Waals surface area contributed by atoms with Gasteiger partial charge >= 0.3 is 0 Å². The van der Waals surface area contributed by atoms with Gasteiger partial charge in [-0.3, -0.25) is 4.79 Å². The van der Waals surface area contributed by atoms with Crippen LogP contribution >= 0.6 is 15.9 Å². The van der Waals surface area contributed by atoms with Gasteiger partial charge in [0.15, 0.2) is 0 Å². The third-order valence-electron chi connectivity index (χ3n) is 2.48. The van der Waals surface area contributed by atoms with E-state index in [1.165, 1.54) is 0 Å². The lowest BCUT2D eigenvalue weighted by atomic mass is 10.1. The number of halogens is 3. The summed E-state index contributed by atoms with van der Waals surface area (Å²) in [7, 11) is 0. The molecule has 0 radical (unpaired) electrons. The number of benzene rings is 2. The Morgan fingerprint density at radius 1 is 1.17 bits per heavy atom. The van der Waals surface area contributed by atoms with E-state index in [0.29, 0.717) is 5.56 Å². The van der Waals surface area contributed by atoms with Gasteiger partial charge < -0.3 is 5.32 Å². The molecular weight excluding hydrogens is 304 g/mol. The van der Waals surface area contributed by atoms with E-state index < -0.39 is 18.9 Å². The smallest absolute Gasteiger partial charge is 0.255 e. The monoisotopic (exact) mass is 313 g/mol. The first-order chi connectivity index (χ1) is 8.56. The predicted octanol–water partition coefficient (Wildman–Crippen LogP) is 3.60. The molecule has 0 unspecified atom stereocenters. The molecule has 1 amide bonds. The van der Waals surface area contributed by atoms with Gasteiger partial charge in [0, 0.05) is 10.0 Å². The normalized spacial score (nSPS) is 10.9. The zero-order valence-electron chi connectivity index (χ0n) is 9.29. The van der Waals surface area contributed by atoms with Crippen LogP contribution in [0.4, 0.5) is 8.78 Å².